The summed E-state index contributed by atoms with van der Waals surface area (Å²) in [7, 11) is 0. The topological polar surface area (TPSA) is 58.2 Å². The summed E-state index contributed by atoms with van der Waals surface area (Å²) < 4.78 is 1.95. The first-order chi connectivity index (χ1) is 13.9. The number of phenolic OH excluding ortho intramolecular Hbond substituents is 1. The SMILES string of the molecule is CC(=O)c1c[n+](Cc2cccc(Cl)c2)ccc1CC1Cc2cc(O)ccc2C1=O.[Br-]. The fraction of sp³-hybridized carbons (Fsp3) is 0.208. The number of hydrogen-bond donors (Lipinski definition) is 1. The Labute approximate surface area is 190 Å². The average Bonchev–Trinajstić information content (AvgIpc) is 2.97. The van der Waals surface area contributed by atoms with E-state index in [1.807, 2.05) is 47.3 Å². The molecule has 0 aliphatic heterocycles. The first-order valence-electron chi connectivity index (χ1n) is 9.54. The lowest BCUT2D eigenvalue weighted by atomic mass is 9.92. The van der Waals surface area contributed by atoms with Crippen molar-refractivity contribution in [3.63, 3.8) is 0 Å². The van der Waals surface area contributed by atoms with Gasteiger partial charge < -0.3 is 22.1 Å². The third kappa shape index (κ3) is 4.63. The molecule has 0 saturated heterocycles. The van der Waals surface area contributed by atoms with Gasteiger partial charge >= 0.3 is 0 Å². The highest BCUT2D eigenvalue weighted by Crippen LogP contribution is 2.32. The molecule has 0 spiro atoms. The normalized spacial score (nSPS) is 14.9. The van der Waals surface area contributed by atoms with Crippen LogP contribution in [0.5, 0.6) is 5.75 Å². The highest BCUT2D eigenvalue weighted by Gasteiger charge is 2.32. The smallest absolute Gasteiger partial charge is 0.180 e. The largest absolute Gasteiger partial charge is 1.00 e. The summed E-state index contributed by atoms with van der Waals surface area (Å²) in [5, 5.41) is 10.4. The van der Waals surface area contributed by atoms with Crippen LogP contribution in [-0.4, -0.2) is 16.7 Å². The van der Waals surface area contributed by atoms with Crippen molar-refractivity contribution in [1.82, 2.24) is 0 Å². The Balaban J connectivity index is 0.00000256. The maximum atomic E-state index is 12.7. The number of nitrogens with zero attached hydrogens (tertiary/aromatic N) is 1. The van der Waals surface area contributed by atoms with Gasteiger partial charge in [0.1, 0.15) is 5.75 Å². The van der Waals surface area contributed by atoms with Crippen molar-refractivity contribution in [3.05, 3.63) is 93.8 Å². The molecule has 1 N–H and O–H groups in total. The number of Topliss-reactive ketones (excluding diaryl/α,β-unsaturated/α-hetero) is 2. The minimum absolute atomic E-state index is 0. The van der Waals surface area contributed by atoms with E-state index in [1.165, 1.54) is 0 Å². The Bertz CT molecular complexity index is 1130. The molecule has 1 heterocycles. The van der Waals surface area contributed by atoms with Crippen LogP contribution < -0.4 is 21.5 Å². The van der Waals surface area contributed by atoms with Gasteiger partial charge in [0.2, 0.25) is 0 Å². The molecule has 4 nitrogen and oxygen atoms in total. The van der Waals surface area contributed by atoms with Crippen molar-refractivity contribution in [2.45, 2.75) is 26.3 Å². The number of aromatic hydroxyl groups is 1. The zero-order valence-corrected chi connectivity index (χ0v) is 18.8. The molecule has 4 rings (SSSR count). The van der Waals surface area contributed by atoms with E-state index in [9.17, 15) is 14.7 Å². The van der Waals surface area contributed by atoms with Gasteiger partial charge in [-0.3, -0.25) is 9.59 Å². The standard InChI is InChI=1S/C24H20ClNO3.BrH/c1-15(27)23-14-26(13-16-3-2-4-20(25)9-16)8-7-17(23)10-19-11-18-12-21(28)5-6-22(18)24(19)29;/h2-9,12,14,19H,10-11,13H2,1H3;1H. The summed E-state index contributed by atoms with van der Waals surface area (Å²) in [6.07, 6.45) is 4.86. The fourth-order valence-electron chi connectivity index (χ4n) is 4.00. The zero-order chi connectivity index (χ0) is 20.5. The maximum Gasteiger partial charge on any atom is 0.180 e. The van der Waals surface area contributed by atoms with E-state index in [-0.39, 0.29) is 40.2 Å². The second kappa shape index (κ2) is 9.11. The highest BCUT2D eigenvalue weighted by molar-refractivity contribution is 6.30. The van der Waals surface area contributed by atoms with Crippen LogP contribution in [0, 0.1) is 5.92 Å². The molecule has 1 aliphatic carbocycles. The van der Waals surface area contributed by atoms with E-state index in [2.05, 4.69) is 0 Å². The van der Waals surface area contributed by atoms with Crippen molar-refractivity contribution in [3.8, 4) is 5.75 Å². The Hall–Kier alpha value is -2.50. The Kier molecular flexibility index (Phi) is 6.74. The lowest BCUT2D eigenvalue weighted by molar-refractivity contribution is -0.688. The number of hydrogen-bond acceptors (Lipinski definition) is 3. The number of carbonyl (C=O) groups is 2. The average molecular weight is 487 g/mol. The maximum absolute atomic E-state index is 12.7. The number of pyridine rings is 1. The lowest BCUT2D eigenvalue weighted by Gasteiger charge is -2.11. The molecule has 0 saturated carbocycles. The first-order valence-corrected chi connectivity index (χ1v) is 9.92. The van der Waals surface area contributed by atoms with Gasteiger partial charge in [-0.25, -0.2) is 4.57 Å². The Morgan fingerprint density at radius 2 is 2.00 bits per heavy atom. The monoisotopic (exact) mass is 485 g/mol. The van der Waals surface area contributed by atoms with Crippen LogP contribution in [0.1, 0.15) is 44.3 Å². The number of ketones is 2. The molecule has 30 heavy (non-hydrogen) atoms. The van der Waals surface area contributed by atoms with E-state index in [4.69, 9.17) is 11.6 Å². The van der Waals surface area contributed by atoms with E-state index in [1.54, 1.807) is 25.1 Å². The summed E-state index contributed by atoms with van der Waals surface area (Å²) in [5.41, 5.74) is 4.09. The van der Waals surface area contributed by atoms with E-state index in [0.717, 1.165) is 16.7 Å². The van der Waals surface area contributed by atoms with Crippen molar-refractivity contribution in [1.29, 1.82) is 0 Å². The molecular formula is C24H21BrClNO3. The number of rotatable bonds is 5. The van der Waals surface area contributed by atoms with Gasteiger partial charge in [-0.2, -0.15) is 0 Å². The van der Waals surface area contributed by atoms with Crippen LogP contribution in [0.25, 0.3) is 0 Å². The molecule has 0 radical (unpaired) electrons. The van der Waals surface area contributed by atoms with E-state index in [0.29, 0.717) is 35.5 Å². The number of phenols is 1. The molecule has 2 aromatic carbocycles. The molecule has 0 bridgehead atoms. The molecule has 3 aromatic rings. The minimum atomic E-state index is -0.214. The number of benzene rings is 2. The van der Waals surface area contributed by atoms with Crippen LogP contribution in [0.2, 0.25) is 5.02 Å². The van der Waals surface area contributed by atoms with Crippen LogP contribution in [-0.2, 0) is 19.4 Å². The van der Waals surface area contributed by atoms with Gasteiger partial charge in [0.25, 0.3) is 0 Å². The predicted molar refractivity (Wildman–Crippen MR) is 111 cm³/mol. The summed E-state index contributed by atoms with van der Waals surface area (Å²) in [4.78, 5) is 25.0. The summed E-state index contributed by atoms with van der Waals surface area (Å²) in [6.45, 7) is 2.15. The summed E-state index contributed by atoms with van der Waals surface area (Å²) >= 11 is 6.06. The second-order valence-corrected chi connectivity index (χ2v) is 7.99. The summed E-state index contributed by atoms with van der Waals surface area (Å²) in [6, 6.07) is 14.4. The summed E-state index contributed by atoms with van der Waals surface area (Å²) in [5.74, 6) is 0.00304. The van der Waals surface area contributed by atoms with Crippen LogP contribution in [0.3, 0.4) is 0 Å². The Morgan fingerprint density at radius 3 is 2.73 bits per heavy atom. The molecule has 0 fully saturated rings. The highest BCUT2D eigenvalue weighted by atomic mass is 79.9. The number of aromatic nitrogens is 1. The van der Waals surface area contributed by atoms with E-state index < -0.39 is 0 Å². The van der Waals surface area contributed by atoms with Crippen LogP contribution >= 0.6 is 11.6 Å². The van der Waals surface area contributed by atoms with E-state index >= 15 is 0 Å². The zero-order valence-electron chi connectivity index (χ0n) is 16.4. The number of halogens is 2. The van der Waals surface area contributed by atoms with Crippen LogP contribution in [0.15, 0.2) is 60.9 Å². The minimum Gasteiger partial charge on any atom is -1.00 e. The number of fused-ring (bicyclic) bond motifs is 1. The lowest BCUT2D eigenvalue weighted by Crippen LogP contribution is -3.00. The predicted octanol–water partition coefficient (Wildman–Crippen LogP) is 1.19. The Morgan fingerprint density at radius 1 is 1.20 bits per heavy atom. The molecule has 1 aliphatic rings. The van der Waals surface area contributed by atoms with Gasteiger partial charge in [0.05, 0.1) is 5.56 Å². The molecule has 0 amide bonds. The molecule has 1 unspecified atom stereocenters. The van der Waals surface area contributed by atoms with Crippen molar-refractivity contribution in [2.75, 3.05) is 0 Å². The van der Waals surface area contributed by atoms with Gasteiger partial charge in [-0.1, -0.05) is 23.7 Å². The molecule has 1 atom stereocenters. The van der Waals surface area contributed by atoms with Gasteiger partial charge in [-0.05, 0) is 61.2 Å². The second-order valence-electron chi connectivity index (χ2n) is 7.55. The van der Waals surface area contributed by atoms with Crippen molar-refractivity contribution in [2.24, 2.45) is 5.92 Å². The third-order valence-electron chi connectivity index (χ3n) is 5.40. The van der Waals surface area contributed by atoms with Crippen LogP contribution in [0.4, 0.5) is 0 Å². The first kappa shape index (κ1) is 22.2. The van der Waals surface area contributed by atoms with Gasteiger partial charge in [0, 0.05) is 28.1 Å². The number of carbonyl (C=O) groups excluding carboxylic acids is 2. The quantitative estimate of drug-likeness (QED) is 0.435. The fourth-order valence-corrected chi connectivity index (χ4v) is 4.22. The molecule has 154 valence electrons. The van der Waals surface area contributed by atoms with Crippen molar-refractivity contribution >= 4 is 23.2 Å². The van der Waals surface area contributed by atoms with Gasteiger partial charge in [0.15, 0.2) is 30.5 Å². The van der Waals surface area contributed by atoms with Gasteiger partial charge in [-0.15, -0.1) is 0 Å². The van der Waals surface area contributed by atoms with Crippen molar-refractivity contribution < 1.29 is 36.2 Å². The molecular weight excluding hydrogens is 466 g/mol. The third-order valence-corrected chi connectivity index (χ3v) is 5.63. The molecule has 6 heteroatoms. The molecule has 1 aromatic heterocycles.